The lowest BCUT2D eigenvalue weighted by Gasteiger charge is -2.14. The van der Waals surface area contributed by atoms with Crippen molar-refractivity contribution in [2.45, 2.75) is 32.0 Å². The van der Waals surface area contributed by atoms with Gasteiger partial charge in [-0.05, 0) is 30.5 Å². The van der Waals surface area contributed by atoms with Crippen LogP contribution in [-0.4, -0.2) is 38.3 Å². The van der Waals surface area contributed by atoms with Crippen LogP contribution in [0, 0.1) is 5.92 Å². The molecule has 0 aliphatic heterocycles. The molecule has 3 rings (SSSR count). The minimum absolute atomic E-state index is 0.0511. The van der Waals surface area contributed by atoms with Gasteiger partial charge in [-0.3, -0.25) is 14.2 Å². The maximum atomic E-state index is 12.9. The topological polar surface area (TPSA) is 99.0 Å². The van der Waals surface area contributed by atoms with E-state index in [0.29, 0.717) is 34.1 Å². The summed E-state index contributed by atoms with van der Waals surface area (Å²) in [4.78, 5) is 38.1. The first kappa shape index (κ1) is 22.0. The maximum absolute atomic E-state index is 12.9. The van der Waals surface area contributed by atoms with E-state index in [4.69, 9.17) is 16.3 Å². The highest BCUT2D eigenvalue weighted by Gasteiger charge is 2.16. The molecule has 0 bridgehead atoms. The number of methoxy groups -OCH3 is 1. The fraction of sp³-hybridized carbons (Fsp3) is 0.350. The third-order valence-electron chi connectivity index (χ3n) is 4.26. The molecule has 0 aliphatic rings. The van der Waals surface area contributed by atoms with Crippen molar-refractivity contribution in [3.8, 4) is 5.75 Å². The van der Waals surface area contributed by atoms with Crippen LogP contribution in [-0.2, 0) is 11.3 Å². The van der Waals surface area contributed by atoms with Gasteiger partial charge in [-0.15, -0.1) is 0 Å². The van der Waals surface area contributed by atoms with Gasteiger partial charge in [-0.1, -0.05) is 37.2 Å². The maximum Gasteiger partial charge on any atom is 0.282 e. The van der Waals surface area contributed by atoms with Gasteiger partial charge in [0.15, 0.2) is 16.3 Å². The number of nitrogens with one attached hydrogen (secondary N) is 1. The van der Waals surface area contributed by atoms with E-state index >= 15 is 0 Å². The highest BCUT2D eigenvalue weighted by atomic mass is 35.5. The van der Waals surface area contributed by atoms with Gasteiger partial charge in [-0.2, -0.15) is 0 Å². The number of fused-ring (bicyclic) bond motifs is 1. The van der Waals surface area contributed by atoms with Crippen LogP contribution in [0.3, 0.4) is 0 Å². The summed E-state index contributed by atoms with van der Waals surface area (Å²) in [5, 5.41) is 3.70. The van der Waals surface area contributed by atoms with Crippen molar-refractivity contribution in [3.05, 3.63) is 46.0 Å². The molecule has 2 heterocycles. The lowest BCUT2D eigenvalue weighted by molar-refractivity contribution is -0.113. The van der Waals surface area contributed by atoms with Crippen molar-refractivity contribution < 1.29 is 9.53 Å². The number of nitrogens with zero attached hydrogens (tertiary/aromatic N) is 4. The molecule has 0 unspecified atom stereocenters. The first-order chi connectivity index (χ1) is 14.4. The molecule has 1 amide bonds. The van der Waals surface area contributed by atoms with Gasteiger partial charge in [0, 0.05) is 24.0 Å². The predicted octanol–water partition coefficient (Wildman–Crippen LogP) is 3.63. The van der Waals surface area contributed by atoms with Crippen LogP contribution < -0.4 is 15.6 Å². The molecule has 0 fully saturated rings. The predicted molar refractivity (Wildman–Crippen MR) is 118 cm³/mol. The smallest absolute Gasteiger partial charge is 0.282 e. The standard InChI is InChI=1S/C20H22ClN5O3S/c1-12(2)6-9-26-19(28)17-18(23-8-7-22-17)25-20(26)30-11-16(27)24-14-10-13(21)4-5-15(14)29-3/h4-5,7-8,10,12H,6,9,11H2,1-3H3,(H,24,27). The van der Waals surface area contributed by atoms with E-state index in [1.54, 1.807) is 22.8 Å². The molecule has 158 valence electrons. The number of ether oxygens (including phenoxy) is 1. The molecule has 0 saturated carbocycles. The number of rotatable bonds is 8. The Bertz CT molecular complexity index is 1120. The molecule has 0 saturated heterocycles. The number of halogens is 1. The number of amides is 1. The average Bonchev–Trinajstić information content (AvgIpc) is 2.72. The first-order valence-electron chi connectivity index (χ1n) is 9.36. The third kappa shape index (κ3) is 5.28. The number of hydrogen-bond donors (Lipinski definition) is 1. The lowest BCUT2D eigenvalue weighted by Crippen LogP contribution is -2.26. The zero-order valence-corrected chi connectivity index (χ0v) is 18.5. The van der Waals surface area contributed by atoms with Crippen LogP contribution in [0.15, 0.2) is 40.5 Å². The number of carbonyl (C=O) groups excluding carboxylic acids is 1. The Balaban J connectivity index is 1.82. The molecule has 2 aromatic heterocycles. The summed E-state index contributed by atoms with van der Waals surface area (Å²) in [7, 11) is 1.51. The molecule has 0 atom stereocenters. The highest BCUT2D eigenvalue weighted by Crippen LogP contribution is 2.28. The summed E-state index contributed by atoms with van der Waals surface area (Å²) in [6.07, 6.45) is 3.75. The summed E-state index contributed by atoms with van der Waals surface area (Å²) in [6, 6.07) is 4.97. The lowest BCUT2D eigenvalue weighted by atomic mass is 10.1. The largest absolute Gasteiger partial charge is 0.495 e. The minimum Gasteiger partial charge on any atom is -0.495 e. The summed E-state index contributed by atoms with van der Waals surface area (Å²) < 4.78 is 6.81. The Kier molecular flexibility index (Phi) is 7.28. The van der Waals surface area contributed by atoms with Crippen molar-refractivity contribution in [2.24, 2.45) is 5.92 Å². The summed E-state index contributed by atoms with van der Waals surface area (Å²) in [5.74, 6) is 0.691. The van der Waals surface area contributed by atoms with Gasteiger partial charge in [0.1, 0.15) is 5.75 Å². The molecule has 0 radical (unpaired) electrons. The molecule has 0 spiro atoms. The molecule has 0 aliphatic carbocycles. The van der Waals surface area contributed by atoms with E-state index in [-0.39, 0.29) is 28.4 Å². The van der Waals surface area contributed by atoms with Crippen molar-refractivity contribution >= 4 is 46.1 Å². The fourth-order valence-electron chi connectivity index (χ4n) is 2.72. The van der Waals surface area contributed by atoms with Crippen molar-refractivity contribution in [1.29, 1.82) is 0 Å². The Hall–Kier alpha value is -2.65. The van der Waals surface area contributed by atoms with Crippen LogP contribution in [0.25, 0.3) is 11.2 Å². The number of hydrogen-bond acceptors (Lipinski definition) is 7. The number of aromatic nitrogens is 4. The van der Waals surface area contributed by atoms with Crippen LogP contribution in [0.2, 0.25) is 5.02 Å². The van der Waals surface area contributed by atoms with E-state index in [2.05, 4.69) is 34.1 Å². The average molecular weight is 448 g/mol. The number of benzene rings is 1. The van der Waals surface area contributed by atoms with Gasteiger partial charge in [0.2, 0.25) is 5.91 Å². The second kappa shape index (κ2) is 9.90. The summed E-state index contributed by atoms with van der Waals surface area (Å²) in [5.41, 5.74) is 0.708. The molecule has 30 heavy (non-hydrogen) atoms. The SMILES string of the molecule is COc1ccc(Cl)cc1NC(=O)CSc1nc2nccnc2c(=O)n1CCC(C)C. The van der Waals surface area contributed by atoms with E-state index in [9.17, 15) is 9.59 Å². The first-order valence-corrected chi connectivity index (χ1v) is 10.7. The van der Waals surface area contributed by atoms with Gasteiger partial charge >= 0.3 is 0 Å². The molecule has 3 aromatic rings. The van der Waals surface area contributed by atoms with Gasteiger partial charge in [0.25, 0.3) is 5.56 Å². The van der Waals surface area contributed by atoms with Crippen LogP contribution in [0.1, 0.15) is 20.3 Å². The van der Waals surface area contributed by atoms with E-state index < -0.39 is 0 Å². The zero-order valence-electron chi connectivity index (χ0n) is 16.9. The van der Waals surface area contributed by atoms with Crippen molar-refractivity contribution in [1.82, 2.24) is 19.5 Å². The molecule has 8 nitrogen and oxygen atoms in total. The molecule has 1 aromatic carbocycles. The summed E-state index contributed by atoms with van der Waals surface area (Å²) >= 11 is 7.18. The zero-order chi connectivity index (χ0) is 21.7. The Labute approximate surface area is 183 Å². The molecular weight excluding hydrogens is 426 g/mol. The second-order valence-corrected chi connectivity index (χ2v) is 8.32. The van der Waals surface area contributed by atoms with Crippen LogP contribution in [0.5, 0.6) is 5.75 Å². The normalized spacial score (nSPS) is 11.1. The fourth-order valence-corrected chi connectivity index (χ4v) is 3.70. The number of carbonyl (C=O) groups is 1. The molecule has 10 heteroatoms. The van der Waals surface area contributed by atoms with Gasteiger partial charge in [0.05, 0.1) is 18.6 Å². The molecule has 1 N–H and O–H groups in total. The second-order valence-electron chi connectivity index (χ2n) is 6.94. The minimum atomic E-state index is -0.274. The Morgan fingerprint density at radius 2 is 2.07 bits per heavy atom. The van der Waals surface area contributed by atoms with E-state index in [1.165, 1.54) is 31.3 Å². The van der Waals surface area contributed by atoms with E-state index in [0.717, 1.165) is 6.42 Å². The summed E-state index contributed by atoms with van der Waals surface area (Å²) in [6.45, 7) is 4.65. The quantitative estimate of drug-likeness (QED) is 0.415. The third-order valence-corrected chi connectivity index (χ3v) is 5.47. The van der Waals surface area contributed by atoms with Crippen molar-refractivity contribution in [3.63, 3.8) is 0 Å². The van der Waals surface area contributed by atoms with Gasteiger partial charge < -0.3 is 10.1 Å². The van der Waals surface area contributed by atoms with Crippen molar-refractivity contribution in [2.75, 3.05) is 18.2 Å². The number of thioether (sulfide) groups is 1. The molecular formula is C20H22ClN5O3S. The van der Waals surface area contributed by atoms with Gasteiger partial charge in [-0.25, -0.2) is 15.0 Å². The van der Waals surface area contributed by atoms with E-state index in [1.807, 2.05) is 0 Å². The Morgan fingerprint density at radius 3 is 2.80 bits per heavy atom. The highest BCUT2D eigenvalue weighted by molar-refractivity contribution is 7.99. The van der Waals surface area contributed by atoms with Crippen LogP contribution >= 0.6 is 23.4 Å². The number of anilines is 1. The Morgan fingerprint density at radius 1 is 1.30 bits per heavy atom. The monoisotopic (exact) mass is 447 g/mol. The van der Waals surface area contributed by atoms with Crippen LogP contribution in [0.4, 0.5) is 5.69 Å².